The molecule has 94 valence electrons. The van der Waals surface area contributed by atoms with Gasteiger partial charge in [-0.2, -0.15) is 0 Å². The molecule has 5 heteroatoms. The highest BCUT2D eigenvalue weighted by atomic mass is 16.5. The van der Waals surface area contributed by atoms with E-state index < -0.39 is 28.8 Å². The van der Waals surface area contributed by atoms with E-state index in [0.717, 1.165) is 0 Å². The van der Waals surface area contributed by atoms with Crippen LogP contribution < -0.4 is 0 Å². The highest BCUT2D eigenvalue weighted by molar-refractivity contribution is 6.34. The van der Waals surface area contributed by atoms with Gasteiger partial charge in [0, 0.05) is 0 Å². The maximum Gasteiger partial charge on any atom is 0.324 e. The van der Waals surface area contributed by atoms with E-state index in [1.807, 2.05) is 0 Å². The molecule has 0 spiro atoms. The van der Waals surface area contributed by atoms with Gasteiger partial charge in [0.05, 0.1) is 14.5 Å². The molecule has 0 heterocycles. The van der Waals surface area contributed by atoms with Crippen LogP contribution in [0.15, 0.2) is 0 Å². The SMILES string of the molecule is [B]C(CC)(CC)C(=O)C(C(C)=O)C(=O)OCC. The zero-order valence-corrected chi connectivity index (χ0v) is 10.9. The van der Waals surface area contributed by atoms with Gasteiger partial charge in [-0.1, -0.05) is 26.7 Å². The maximum atomic E-state index is 12.1. The van der Waals surface area contributed by atoms with Crippen LogP contribution in [0.25, 0.3) is 0 Å². The standard InChI is InChI=1S/C12H19BO4/c1-5-12(13,6-2)10(15)9(8(4)14)11(16)17-7-3/h9H,5-7H2,1-4H3. The summed E-state index contributed by atoms with van der Waals surface area (Å²) < 4.78 is 4.73. The first-order valence-electron chi connectivity index (χ1n) is 5.84. The van der Waals surface area contributed by atoms with Gasteiger partial charge in [-0.05, 0) is 19.2 Å². The Kier molecular flexibility index (Phi) is 6.14. The van der Waals surface area contributed by atoms with Crippen LogP contribution in [0.2, 0.25) is 5.31 Å². The summed E-state index contributed by atoms with van der Waals surface area (Å²) in [5, 5.41) is -1.14. The zero-order valence-electron chi connectivity index (χ0n) is 10.9. The van der Waals surface area contributed by atoms with Gasteiger partial charge in [0.1, 0.15) is 0 Å². The highest BCUT2D eigenvalue weighted by Crippen LogP contribution is 2.35. The molecule has 17 heavy (non-hydrogen) atoms. The Morgan fingerprint density at radius 1 is 1.18 bits per heavy atom. The molecular formula is C12H19BO4. The number of hydrogen-bond donors (Lipinski definition) is 0. The molecule has 2 radical (unpaired) electrons. The Balaban J connectivity index is 5.15. The third-order valence-electron chi connectivity index (χ3n) is 2.94. The Labute approximate surface area is 104 Å². The van der Waals surface area contributed by atoms with Gasteiger partial charge in [0.15, 0.2) is 17.5 Å². The minimum absolute atomic E-state index is 0.131. The van der Waals surface area contributed by atoms with Crippen LogP contribution >= 0.6 is 0 Å². The number of carbonyl (C=O) groups is 3. The lowest BCUT2D eigenvalue weighted by atomic mass is 9.59. The molecule has 0 aromatic carbocycles. The van der Waals surface area contributed by atoms with Crippen molar-refractivity contribution in [3.05, 3.63) is 0 Å². The van der Waals surface area contributed by atoms with Crippen LogP contribution in [-0.2, 0) is 19.1 Å². The van der Waals surface area contributed by atoms with Crippen LogP contribution in [0.3, 0.4) is 0 Å². The number of carbonyl (C=O) groups excluding carboxylic acids is 3. The molecule has 0 aromatic rings. The molecule has 0 saturated heterocycles. The third kappa shape index (κ3) is 3.68. The molecule has 1 unspecified atom stereocenters. The number of Topliss-reactive ketones (excluding diaryl/α,β-unsaturated/α-hetero) is 2. The monoisotopic (exact) mass is 238 g/mol. The predicted octanol–water partition coefficient (Wildman–Crippen LogP) is 1.47. The van der Waals surface area contributed by atoms with Crippen LogP contribution in [0, 0.1) is 5.92 Å². The molecule has 4 nitrogen and oxygen atoms in total. The van der Waals surface area contributed by atoms with Crippen molar-refractivity contribution in [1.29, 1.82) is 0 Å². The summed E-state index contributed by atoms with van der Waals surface area (Å²) in [4.78, 5) is 35.1. The third-order valence-corrected chi connectivity index (χ3v) is 2.94. The van der Waals surface area contributed by atoms with Gasteiger partial charge in [0.25, 0.3) is 0 Å². The Morgan fingerprint density at radius 2 is 1.65 bits per heavy atom. The second-order valence-electron chi connectivity index (χ2n) is 4.02. The second-order valence-corrected chi connectivity index (χ2v) is 4.02. The predicted molar refractivity (Wildman–Crippen MR) is 64.8 cm³/mol. The van der Waals surface area contributed by atoms with Crippen molar-refractivity contribution in [3.63, 3.8) is 0 Å². The van der Waals surface area contributed by atoms with E-state index in [1.54, 1.807) is 20.8 Å². The molecule has 0 amide bonds. The fraction of sp³-hybridized carbons (Fsp3) is 0.750. The molecule has 0 aliphatic heterocycles. The topological polar surface area (TPSA) is 60.4 Å². The van der Waals surface area contributed by atoms with Crippen LogP contribution in [-0.4, -0.2) is 32.0 Å². The first-order valence-corrected chi connectivity index (χ1v) is 5.84. The second kappa shape index (κ2) is 6.57. The van der Waals surface area contributed by atoms with E-state index >= 15 is 0 Å². The fourth-order valence-electron chi connectivity index (χ4n) is 1.57. The van der Waals surface area contributed by atoms with E-state index in [0.29, 0.717) is 12.8 Å². The Morgan fingerprint density at radius 3 is 1.94 bits per heavy atom. The molecule has 0 fully saturated rings. The van der Waals surface area contributed by atoms with Crippen molar-refractivity contribution >= 4 is 25.4 Å². The Bertz CT molecular complexity index is 308. The van der Waals surface area contributed by atoms with Crippen LogP contribution in [0.1, 0.15) is 40.5 Å². The molecule has 0 aliphatic rings. The highest BCUT2D eigenvalue weighted by Gasteiger charge is 2.41. The van der Waals surface area contributed by atoms with Crippen molar-refractivity contribution in [1.82, 2.24) is 0 Å². The van der Waals surface area contributed by atoms with Crippen molar-refractivity contribution < 1.29 is 19.1 Å². The van der Waals surface area contributed by atoms with Crippen molar-refractivity contribution in [2.75, 3.05) is 6.61 Å². The van der Waals surface area contributed by atoms with Crippen LogP contribution in [0.5, 0.6) is 0 Å². The van der Waals surface area contributed by atoms with Gasteiger partial charge < -0.3 is 4.74 Å². The van der Waals surface area contributed by atoms with E-state index in [-0.39, 0.29) is 6.61 Å². The fourth-order valence-corrected chi connectivity index (χ4v) is 1.57. The average molecular weight is 238 g/mol. The lowest BCUT2D eigenvalue weighted by molar-refractivity contribution is -0.155. The lowest BCUT2D eigenvalue weighted by Gasteiger charge is -2.28. The van der Waals surface area contributed by atoms with Crippen molar-refractivity contribution in [3.8, 4) is 0 Å². The van der Waals surface area contributed by atoms with Crippen LogP contribution in [0.4, 0.5) is 0 Å². The quantitative estimate of drug-likeness (QED) is 0.383. The van der Waals surface area contributed by atoms with E-state index in [2.05, 4.69) is 0 Å². The minimum atomic E-state index is -1.39. The molecule has 0 N–H and O–H groups in total. The summed E-state index contributed by atoms with van der Waals surface area (Å²) >= 11 is 0. The molecule has 1 atom stereocenters. The van der Waals surface area contributed by atoms with Gasteiger partial charge in [-0.25, -0.2) is 0 Å². The first kappa shape index (κ1) is 15.9. The number of rotatable bonds is 7. The molecule has 0 rings (SSSR count). The number of ether oxygens (including phenoxy) is 1. The molecule has 0 bridgehead atoms. The van der Waals surface area contributed by atoms with Gasteiger partial charge >= 0.3 is 5.97 Å². The normalized spacial score (nSPS) is 12.9. The number of esters is 1. The number of ketones is 2. The maximum absolute atomic E-state index is 12.1. The molecule has 0 aromatic heterocycles. The number of hydrogen-bond acceptors (Lipinski definition) is 4. The average Bonchev–Trinajstić information content (AvgIpc) is 2.27. The van der Waals surface area contributed by atoms with Gasteiger partial charge in [-0.3, -0.25) is 14.4 Å². The van der Waals surface area contributed by atoms with Gasteiger partial charge in [0.2, 0.25) is 0 Å². The zero-order chi connectivity index (χ0) is 13.6. The summed E-state index contributed by atoms with van der Waals surface area (Å²) in [7, 11) is 5.90. The van der Waals surface area contributed by atoms with E-state index in [1.165, 1.54) is 6.92 Å². The smallest absolute Gasteiger partial charge is 0.324 e. The van der Waals surface area contributed by atoms with E-state index in [9.17, 15) is 14.4 Å². The molecule has 0 saturated carbocycles. The van der Waals surface area contributed by atoms with E-state index in [4.69, 9.17) is 12.6 Å². The molecule has 0 aliphatic carbocycles. The first-order chi connectivity index (χ1) is 7.83. The van der Waals surface area contributed by atoms with Crippen molar-refractivity contribution in [2.24, 2.45) is 5.92 Å². The largest absolute Gasteiger partial charge is 0.465 e. The summed E-state index contributed by atoms with van der Waals surface area (Å²) in [6.45, 7) is 6.46. The Hall–Kier alpha value is -1.13. The molecular weight excluding hydrogens is 219 g/mol. The summed E-state index contributed by atoms with van der Waals surface area (Å²) in [6.07, 6.45) is 0.761. The summed E-state index contributed by atoms with van der Waals surface area (Å²) in [6, 6.07) is 0. The minimum Gasteiger partial charge on any atom is -0.465 e. The lowest BCUT2D eigenvalue weighted by Crippen LogP contribution is -2.39. The summed E-state index contributed by atoms with van der Waals surface area (Å²) in [5.41, 5.74) is 0. The van der Waals surface area contributed by atoms with Gasteiger partial charge in [-0.15, -0.1) is 0 Å². The summed E-state index contributed by atoms with van der Waals surface area (Å²) in [5.74, 6) is -3.26. The van der Waals surface area contributed by atoms with Crippen molar-refractivity contribution in [2.45, 2.75) is 45.9 Å².